The van der Waals surface area contributed by atoms with Gasteiger partial charge in [0.1, 0.15) is 11.0 Å². The number of hydrogen-bond donors (Lipinski definition) is 1. The van der Waals surface area contributed by atoms with Gasteiger partial charge in [-0.25, -0.2) is 13.8 Å². The first-order valence-corrected chi connectivity index (χ1v) is 6.58. The Labute approximate surface area is 123 Å². The Morgan fingerprint density at radius 1 is 1.20 bits per heavy atom. The molecule has 2 aromatic rings. The Morgan fingerprint density at radius 2 is 1.85 bits per heavy atom. The Morgan fingerprint density at radius 3 is 2.40 bits per heavy atom. The molecule has 7 heteroatoms. The second-order valence-electron chi connectivity index (χ2n) is 4.58. The molecule has 0 aliphatic rings. The lowest BCUT2D eigenvalue weighted by molar-refractivity contribution is 0.625. The van der Waals surface area contributed by atoms with Crippen LogP contribution in [0.1, 0.15) is 25.3 Å². The molecular formula is C13H11Cl2FN2O2. The zero-order valence-electron chi connectivity index (χ0n) is 10.7. The Balaban J connectivity index is 2.84. The van der Waals surface area contributed by atoms with Gasteiger partial charge >= 0.3 is 5.69 Å². The average Bonchev–Trinajstić information content (AvgIpc) is 2.25. The van der Waals surface area contributed by atoms with Crippen molar-refractivity contribution in [3.8, 4) is 5.69 Å². The number of nitrogens with zero attached hydrogens (tertiary/aromatic N) is 1. The number of hydrogen-bond acceptors (Lipinski definition) is 2. The lowest BCUT2D eigenvalue weighted by atomic mass is 10.1. The maximum Gasteiger partial charge on any atom is 0.334 e. The summed E-state index contributed by atoms with van der Waals surface area (Å²) < 4.78 is 14.2. The van der Waals surface area contributed by atoms with Crippen LogP contribution in [0.3, 0.4) is 0 Å². The van der Waals surface area contributed by atoms with E-state index in [-0.39, 0.29) is 27.3 Å². The zero-order valence-corrected chi connectivity index (χ0v) is 12.2. The van der Waals surface area contributed by atoms with Gasteiger partial charge in [0.05, 0.1) is 11.3 Å². The summed E-state index contributed by atoms with van der Waals surface area (Å²) in [6.07, 6.45) is 0. The number of nitrogens with one attached hydrogen (secondary N) is 1. The quantitative estimate of drug-likeness (QED) is 0.865. The van der Waals surface area contributed by atoms with Gasteiger partial charge in [0.15, 0.2) is 0 Å². The standard InChI is InChI=1S/C13H11Cl2FN2O2/c1-6(2)10-11(15)17-13(20)18(12(10)19)9-4-7(14)3-8(16)5-9/h3-6H,1-2H3,(H,17,20). The molecule has 0 unspecified atom stereocenters. The van der Waals surface area contributed by atoms with Gasteiger partial charge in [0.25, 0.3) is 5.56 Å². The van der Waals surface area contributed by atoms with Crippen molar-refractivity contribution in [2.75, 3.05) is 0 Å². The fraction of sp³-hybridized carbons (Fsp3) is 0.231. The second kappa shape index (κ2) is 5.42. The minimum atomic E-state index is -0.744. The van der Waals surface area contributed by atoms with Gasteiger partial charge < -0.3 is 0 Å². The van der Waals surface area contributed by atoms with Gasteiger partial charge in [-0.15, -0.1) is 0 Å². The first kappa shape index (κ1) is 14.8. The van der Waals surface area contributed by atoms with Crippen LogP contribution in [0.2, 0.25) is 10.2 Å². The van der Waals surface area contributed by atoms with Crippen molar-refractivity contribution in [3.05, 3.63) is 60.6 Å². The molecule has 0 bridgehead atoms. The van der Waals surface area contributed by atoms with Crippen LogP contribution >= 0.6 is 23.2 Å². The number of halogens is 3. The summed E-state index contributed by atoms with van der Waals surface area (Å²) in [4.78, 5) is 26.7. The van der Waals surface area contributed by atoms with Crippen LogP contribution in [0.25, 0.3) is 5.69 Å². The fourth-order valence-electron chi connectivity index (χ4n) is 1.93. The van der Waals surface area contributed by atoms with Crippen molar-refractivity contribution < 1.29 is 4.39 Å². The molecule has 1 aromatic carbocycles. The SMILES string of the molecule is CC(C)c1c(Cl)[nH]c(=O)n(-c2cc(F)cc(Cl)c2)c1=O. The van der Waals surface area contributed by atoms with E-state index in [0.29, 0.717) is 0 Å². The lowest BCUT2D eigenvalue weighted by Gasteiger charge is -2.11. The highest BCUT2D eigenvalue weighted by Gasteiger charge is 2.17. The number of aromatic amines is 1. The maximum atomic E-state index is 13.4. The minimum Gasteiger partial charge on any atom is -0.297 e. The largest absolute Gasteiger partial charge is 0.334 e. The number of rotatable bonds is 2. The summed E-state index contributed by atoms with van der Waals surface area (Å²) in [6.45, 7) is 3.54. The predicted octanol–water partition coefficient (Wildman–Crippen LogP) is 3.10. The first-order chi connectivity index (χ1) is 9.31. The number of aromatic nitrogens is 2. The Hall–Kier alpha value is -1.59. The van der Waals surface area contributed by atoms with Crippen LogP contribution in [0.4, 0.5) is 4.39 Å². The van der Waals surface area contributed by atoms with E-state index in [1.165, 1.54) is 6.07 Å². The molecular weight excluding hydrogens is 306 g/mol. The van der Waals surface area contributed by atoms with Gasteiger partial charge in [-0.05, 0) is 24.1 Å². The molecule has 0 aliphatic heterocycles. The van der Waals surface area contributed by atoms with Gasteiger partial charge in [0.2, 0.25) is 0 Å². The Bertz CT molecular complexity index is 761. The smallest absolute Gasteiger partial charge is 0.297 e. The third kappa shape index (κ3) is 2.64. The zero-order chi connectivity index (χ0) is 15.0. The van der Waals surface area contributed by atoms with E-state index in [1.807, 2.05) is 0 Å². The maximum absolute atomic E-state index is 13.4. The van der Waals surface area contributed by atoms with Crippen molar-refractivity contribution in [3.63, 3.8) is 0 Å². The van der Waals surface area contributed by atoms with E-state index in [0.717, 1.165) is 16.7 Å². The fourth-order valence-corrected chi connectivity index (χ4v) is 2.52. The molecule has 0 fully saturated rings. The van der Waals surface area contributed by atoms with E-state index in [4.69, 9.17) is 23.2 Å². The molecule has 0 spiro atoms. The van der Waals surface area contributed by atoms with Crippen LogP contribution in [-0.2, 0) is 0 Å². The molecule has 1 N–H and O–H groups in total. The highest BCUT2D eigenvalue weighted by molar-refractivity contribution is 6.30. The number of H-pyrrole nitrogens is 1. The van der Waals surface area contributed by atoms with E-state index in [1.54, 1.807) is 13.8 Å². The third-order valence-corrected chi connectivity index (χ3v) is 3.29. The molecule has 0 atom stereocenters. The first-order valence-electron chi connectivity index (χ1n) is 5.82. The topological polar surface area (TPSA) is 54.9 Å². The monoisotopic (exact) mass is 316 g/mol. The van der Waals surface area contributed by atoms with Crippen molar-refractivity contribution in [1.29, 1.82) is 0 Å². The van der Waals surface area contributed by atoms with Crippen molar-refractivity contribution >= 4 is 23.2 Å². The molecule has 0 aliphatic carbocycles. The van der Waals surface area contributed by atoms with E-state index in [9.17, 15) is 14.0 Å². The molecule has 4 nitrogen and oxygen atoms in total. The Kier molecular flexibility index (Phi) is 4.01. The van der Waals surface area contributed by atoms with Gasteiger partial charge in [-0.2, -0.15) is 0 Å². The summed E-state index contributed by atoms with van der Waals surface area (Å²) in [5.41, 5.74) is -1.02. The van der Waals surface area contributed by atoms with Gasteiger partial charge in [0, 0.05) is 5.02 Å². The molecule has 0 amide bonds. The van der Waals surface area contributed by atoms with Gasteiger partial charge in [-0.3, -0.25) is 9.78 Å². The summed E-state index contributed by atoms with van der Waals surface area (Å²) >= 11 is 11.6. The molecule has 20 heavy (non-hydrogen) atoms. The number of benzene rings is 1. The van der Waals surface area contributed by atoms with E-state index >= 15 is 0 Å². The molecule has 0 saturated carbocycles. The highest BCUT2D eigenvalue weighted by atomic mass is 35.5. The van der Waals surface area contributed by atoms with Crippen LogP contribution in [0.5, 0.6) is 0 Å². The normalized spacial score (nSPS) is 11.1. The molecule has 0 radical (unpaired) electrons. The highest BCUT2D eigenvalue weighted by Crippen LogP contribution is 2.19. The van der Waals surface area contributed by atoms with Crippen LogP contribution in [0.15, 0.2) is 27.8 Å². The summed E-state index contributed by atoms with van der Waals surface area (Å²) in [7, 11) is 0. The predicted molar refractivity (Wildman–Crippen MR) is 76.7 cm³/mol. The average molecular weight is 317 g/mol. The third-order valence-electron chi connectivity index (χ3n) is 2.77. The molecule has 0 saturated heterocycles. The summed E-state index contributed by atoms with van der Waals surface area (Å²) in [5.74, 6) is -0.832. The van der Waals surface area contributed by atoms with Crippen LogP contribution in [0, 0.1) is 5.82 Å². The van der Waals surface area contributed by atoms with Crippen molar-refractivity contribution in [2.45, 2.75) is 19.8 Å². The molecule has 1 aromatic heterocycles. The summed E-state index contributed by atoms with van der Waals surface area (Å²) in [6, 6.07) is 3.48. The van der Waals surface area contributed by atoms with Crippen molar-refractivity contribution in [1.82, 2.24) is 9.55 Å². The van der Waals surface area contributed by atoms with Crippen molar-refractivity contribution in [2.24, 2.45) is 0 Å². The van der Waals surface area contributed by atoms with Gasteiger partial charge in [-0.1, -0.05) is 37.0 Å². The molecule has 2 rings (SSSR count). The molecule has 1 heterocycles. The molecule has 106 valence electrons. The summed E-state index contributed by atoms with van der Waals surface area (Å²) in [5, 5.41) is 0.0843. The van der Waals surface area contributed by atoms with E-state index in [2.05, 4.69) is 4.98 Å². The minimum absolute atomic E-state index is 0.00579. The second-order valence-corrected chi connectivity index (χ2v) is 5.40. The van der Waals surface area contributed by atoms with Crippen LogP contribution < -0.4 is 11.2 Å². The lowest BCUT2D eigenvalue weighted by Crippen LogP contribution is -2.36. The van der Waals surface area contributed by atoms with E-state index < -0.39 is 17.1 Å². The van der Waals surface area contributed by atoms with Crippen LogP contribution in [-0.4, -0.2) is 9.55 Å².